The van der Waals surface area contributed by atoms with Crippen LogP contribution in [0.3, 0.4) is 0 Å². The first-order chi connectivity index (χ1) is 17.1. The average molecular weight is 514 g/mol. The fourth-order valence-corrected chi connectivity index (χ4v) is 6.34. The first-order valence-electron chi connectivity index (χ1n) is 12.5. The number of aliphatic hydroxyl groups is 1. The number of nitrogens with two attached hydrogens (primary N) is 1. The van der Waals surface area contributed by atoms with Crippen LogP contribution in [0.15, 0.2) is 12.1 Å². The Labute approximate surface area is 215 Å². The Morgan fingerprint density at radius 1 is 1.16 bits per heavy atom. The van der Waals surface area contributed by atoms with Gasteiger partial charge in [-0.3, -0.25) is 28.9 Å². The van der Waals surface area contributed by atoms with E-state index in [4.69, 9.17) is 5.73 Å². The summed E-state index contributed by atoms with van der Waals surface area (Å²) in [7, 11) is 3.12. The zero-order valence-corrected chi connectivity index (χ0v) is 21.8. The number of phenolic OH excluding ortho intramolecular Hbond substituents is 1. The Balaban J connectivity index is 1.74. The Kier molecular flexibility index (Phi) is 6.67. The fraction of sp³-hybridized carbons (Fsp3) is 0.593. The van der Waals surface area contributed by atoms with Gasteiger partial charge in [0, 0.05) is 24.6 Å². The molecule has 1 amide bonds. The van der Waals surface area contributed by atoms with Crippen LogP contribution < -0.4 is 11.1 Å². The monoisotopic (exact) mass is 513 g/mol. The average Bonchev–Trinajstić information content (AvgIpc) is 2.76. The van der Waals surface area contributed by atoms with Gasteiger partial charge in [-0.1, -0.05) is 32.9 Å². The molecule has 0 radical (unpaired) electrons. The van der Waals surface area contributed by atoms with Gasteiger partial charge in [-0.2, -0.15) is 0 Å². The molecule has 10 heteroatoms. The van der Waals surface area contributed by atoms with E-state index in [1.165, 1.54) is 4.90 Å². The highest BCUT2D eigenvalue weighted by atomic mass is 16.3. The molecule has 0 saturated heterocycles. The van der Waals surface area contributed by atoms with Crippen LogP contribution >= 0.6 is 0 Å². The zero-order chi connectivity index (χ0) is 27.6. The number of fused-ring (bicyclic) bond motifs is 3. The minimum atomic E-state index is -2.71. The lowest BCUT2D eigenvalue weighted by Crippen LogP contribution is -2.74. The topological polar surface area (TPSA) is 167 Å². The predicted octanol–water partition coefficient (Wildman–Crippen LogP) is 0.00270. The number of likely N-dealkylation sites (N-methyl/N-ethyl adjacent to an activating group) is 1. The van der Waals surface area contributed by atoms with Crippen LogP contribution in [-0.4, -0.2) is 76.4 Å². The summed E-state index contributed by atoms with van der Waals surface area (Å²) < 4.78 is 0. The van der Waals surface area contributed by atoms with E-state index < -0.39 is 64.4 Å². The van der Waals surface area contributed by atoms with Crippen LogP contribution in [0.4, 0.5) is 0 Å². The molecule has 0 aromatic heterocycles. The van der Waals surface area contributed by atoms with E-state index in [1.807, 2.05) is 0 Å². The number of phenols is 1. The summed E-state index contributed by atoms with van der Waals surface area (Å²) >= 11 is 0. The van der Waals surface area contributed by atoms with Crippen molar-refractivity contribution in [1.82, 2.24) is 10.2 Å². The van der Waals surface area contributed by atoms with Crippen molar-refractivity contribution < 1.29 is 34.2 Å². The number of primary amides is 1. The number of hydrogen-bond acceptors (Lipinski definition) is 9. The smallest absolute Gasteiger partial charge is 0.235 e. The predicted molar refractivity (Wildman–Crippen MR) is 133 cm³/mol. The minimum Gasteiger partial charge on any atom is -0.507 e. The zero-order valence-electron chi connectivity index (χ0n) is 21.8. The molecule has 1 aromatic carbocycles. The molecule has 37 heavy (non-hydrogen) atoms. The maximum atomic E-state index is 13.8. The summed E-state index contributed by atoms with van der Waals surface area (Å²) in [6.45, 7) is 7.17. The SMILES string of the molecule is CN(C)[C@@H]1C(=O)C(C(N)=O)C(=O)[C@@]2(O)C(=O)C3C(=O)c4c(ccc(CNCC(C)(C)C)c4O)C[C@H]3C[C@@H]12. The fourth-order valence-electron chi connectivity index (χ4n) is 6.34. The standard InChI is InChI=1S/C27H35N3O7/c1-26(2,3)11-29-10-13-7-6-12-8-14-9-15-19(30(4)5)22(33)18(25(28)36)24(35)27(15,37)23(34)17(14)21(32)16(12)20(13)31/h6-7,14-15,17-19,29,31,37H,8-11H2,1-5H3,(H2,28,36)/t14-,15-,17?,18?,19-,27-/m0/s1. The van der Waals surface area contributed by atoms with Gasteiger partial charge in [0.05, 0.1) is 17.5 Å². The second-order valence-corrected chi connectivity index (χ2v) is 12.1. The molecule has 200 valence electrons. The molecule has 10 nitrogen and oxygen atoms in total. The molecular weight excluding hydrogens is 478 g/mol. The van der Waals surface area contributed by atoms with Crippen molar-refractivity contribution in [3.8, 4) is 5.75 Å². The van der Waals surface area contributed by atoms with Crippen LogP contribution in [0.5, 0.6) is 5.75 Å². The Bertz CT molecular complexity index is 1200. The van der Waals surface area contributed by atoms with E-state index in [-0.39, 0.29) is 29.6 Å². The van der Waals surface area contributed by atoms with Gasteiger partial charge in [0.15, 0.2) is 34.7 Å². The van der Waals surface area contributed by atoms with Crippen molar-refractivity contribution in [2.24, 2.45) is 34.8 Å². The summed E-state index contributed by atoms with van der Waals surface area (Å²) in [6, 6.07) is 2.39. The van der Waals surface area contributed by atoms with Gasteiger partial charge in [0.1, 0.15) is 5.75 Å². The van der Waals surface area contributed by atoms with Crippen molar-refractivity contribution in [3.63, 3.8) is 0 Å². The molecule has 2 saturated carbocycles. The maximum Gasteiger partial charge on any atom is 0.235 e. The van der Waals surface area contributed by atoms with Gasteiger partial charge >= 0.3 is 0 Å². The molecule has 3 aliphatic carbocycles. The molecule has 4 rings (SSSR count). The van der Waals surface area contributed by atoms with Crippen molar-refractivity contribution in [2.45, 2.75) is 51.8 Å². The number of carbonyl (C=O) groups is 5. The quantitative estimate of drug-likeness (QED) is 0.396. The highest BCUT2D eigenvalue weighted by molar-refractivity contribution is 6.32. The number of benzene rings is 1. The van der Waals surface area contributed by atoms with Crippen LogP contribution in [0.1, 0.15) is 48.7 Å². The summed E-state index contributed by atoms with van der Waals surface area (Å²) in [6.07, 6.45) is 0.300. The van der Waals surface area contributed by atoms with Gasteiger partial charge in [0.2, 0.25) is 5.91 Å². The number of rotatable bonds is 5. The Morgan fingerprint density at radius 2 is 1.81 bits per heavy atom. The molecule has 6 atom stereocenters. The molecule has 0 bridgehead atoms. The number of nitrogens with one attached hydrogen (secondary N) is 1. The molecule has 5 N–H and O–H groups in total. The number of amides is 1. The minimum absolute atomic E-state index is 0.00841. The van der Waals surface area contributed by atoms with Crippen LogP contribution in [0, 0.1) is 29.1 Å². The van der Waals surface area contributed by atoms with E-state index >= 15 is 0 Å². The Hall–Kier alpha value is -2.95. The number of aromatic hydroxyl groups is 1. The molecule has 1 aromatic rings. The Morgan fingerprint density at radius 3 is 2.38 bits per heavy atom. The van der Waals surface area contributed by atoms with E-state index in [1.54, 1.807) is 26.2 Å². The highest BCUT2D eigenvalue weighted by Gasteiger charge is 2.69. The molecule has 0 heterocycles. The van der Waals surface area contributed by atoms with Crippen LogP contribution in [0.2, 0.25) is 0 Å². The molecular formula is C27H35N3O7. The number of nitrogens with zero attached hydrogens (tertiary/aromatic N) is 1. The van der Waals surface area contributed by atoms with Gasteiger partial charge < -0.3 is 21.3 Å². The highest BCUT2D eigenvalue weighted by Crippen LogP contribution is 2.50. The molecule has 0 aliphatic heterocycles. The first-order valence-corrected chi connectivity index (χ1v) is 12.5. The van der Waals surface area contributed by atoms with Crippen molar-refractivity contribution in [3.05, 3.63) is 28.8 Å². The summed E-state index contributed by atoms with van der Waals surface area (Å²) in [5.74, 6) is -10.2. The maximum absolute atomic E-state index is 13.8. The second kappa shape index (κ2) is 9.11. The lowest BCUT2D eigenvalue weighted by atomic mass is 9.52. The van der Waals surface area contributed by atoms with Gasteiger partial charge in [-0.15, -0.1) is 0 Å². The number of Topliss-reactive ketones (excluding diaryl/α,β-unsaturated/α-hetero) is 4. The van der Waals surface area contributed by atoms with E-state index in [0.29, 0.717) is 24.2 Å². The molecule has 2 unspecified atom stereocenters. The molecule has 0 spiro atoms. The molecule has 3 aliphatic rings. The summed E-state index contributed by atoms with van der Waals surface area (Å²) in [4.78, 5) is 67.4. The molecule has 2 fully saturated rings. The second-order valence-electron chi connectivity index (χ2n) is 12.1. The first kappa shape index (κ1) is 27.1. The van der Waals surface area contributed by atoms with Crippen LogP contribution in [-0.2, 0) is 32.1 Å². The van der Waals surface area contributed by atoms with E-state index in [9.17, 15) is 34.2 Å². The lowest BCUT2D eigenvalue weighted by molar-refractivity contribution is -0.181. The van der Waals surface area contributed by atoms with Crippen molar-refractivity contribution in [2.75, 3.05) is 20.6 Å². The van der Waals surface area contributed by atoms with Crippen molar-refractivity contribution >= 4 is 29.0 Å². The van der Waals surface area contributed by atoms with Crippen LogP contribution in [0.25, 0.3) is 0 Å². The lowest BCUT2D eigenvalue weighted by Gasteiger charge is -2.52. The van der Waals surface area contributed by atoms with Gasteiger partial charge in [-0.05, 0) is 43.8 Å². The number of hydrogen-bond donors (Lipinski definition) is 4. The van der Waals surface area contributed by atoms with Gasteiger partial charge in [0.25, 0.3) is 0 Å². The third kappa shape index (κ3) is 4.20. The number of carbonyl (C=O) groups excluding carboxylic acids is 5. The largest absolute Gasteiger partial charge is 0.507 e. The number of ketones is 4. The summed E-state index contributed by atoms with van der Waals surface area (Å²) in [5.41, 5.74) is 3.72. The third-order valence-electron chi connectivity index (χ3n) is 7.99. The normalized spacial score (nSPS) is 31.7. The van der Waals surface area contributed by atoms with E-state index in [2.05, 4.69) is 26.1 Å². The van der Waals surface area contributed by atoms with E-state index in [0.717, 1.165) is 0 Å². The van der Waals surface area contributed by atoms with Crippen molar-refractivity contribution in [1.29, 1.82) is 0 Å². The summed E-state index contributed by atoms with van der Waals surface area (Å²) in [5, 5.41) is 25.9. The van der Waals surface area contributed by atoms with Gasteiger partial charge in [-0.25, -0.2) is 0 Å². The third-order valence-corrected chi connectivity index (χ3v) is 7.99.